The highest BCUT2D eigenvalue weighted by atomic mass is 16.5. The minimum absolute atomic E-state index is 0.175. The van der Waals surface area contributed by atoms with Gasteiger partial charge in [-0.3, -0.25) is 0 Å². The summed E-state index contributed by atoms with van der Waals surface area (Å²) in [5.74, 6) is -0.175. The Bertz CT molecular complexity index is 375. The monoisotopic (exact) mass is 248 g/mol. The number of ether oxygens (including phenoxy) is 1. The molecule has 1 rings (SSSR count). The molecule has 0 heterocycles. The van der Waals surface area contributed by atoms with Gasteiger partial charge in [0, 0.05) is 20.2 Å². The molecule has 1 N–H and O–H groups in total. The van der Waals surface area contributed by atoms with E-state index in [1.165, 1.54) is 0 Å². The molecule has 98 valence electrons. The minimum atomic E-state index is -0.518. The molecule has 4 nitrogen and oxygen atoms in total. The van der Waals surface area contributed by atoms with E-state index in [2.05, 4.69) is 6.07 Å². The topological polar surface area (TPSA) is 56.5 Å². The predicted octanol–water partition coefficient (Wildman–Crippen LogP) is 1.23. The van der Waals surface area contributed by atoms with Gasteiger partial charge in [0.2, 0.25) is 0 Å². The molecule has 0 aliphatic rings. The SMILES string of the molecule is COCC(O)CN(C)CC(C#N)c1ccccc1. The zero-order valence-corrected chi connectivity index (χ0v) is 10.9. The van der Waals surface area contributed by atoms with Crippen molar-refractivity contribution in [3.05, 3.63) is 35.9 Å². The van der Waals surface area contributed by atoms with E-state index < -0.39 is 6.10 Å². The van der Waals surface area contributed by atoms with Gasteiger partial charge < -0.3 is 14.7 Å². The van der Waals surface area contributed by atoms with Crippen molar-refractivity contribution in [1.82, 2.24) is 4.90 Å². The molecule has 0 saturated heterocycles. The van der Waals surface area contributed by atoms with Crippen LogP contribution < -0.4 is 0 Å². The Morgan fingerprint density at radius 3 is 2.56 bits per heavy atom. The number of aliphatic hydroxyl groups is 1. The van der Waals surface area contributed by atoms with E-state index in [-0.39, 0.29) is 5.92 Å². The summed E-state index contributed by atoms with van der Waals surface area (Å²) in [6, 6.07) is 12.0. The summed E-state index contributed by atoms with van der Waals surface area (Å²) in [7, 11) is 3.46. The molecule has 2 atom stereocenters. The molecule has 18 heavy (non-hydrogen) atoms. The molecule has 0 fully saturated rings. The van der Waals surface area contributed by atoms with Gasteiger partial charge in [-0.25, -0.2) is 0 Å². The van der Waals surface area contributed by atoms with Crippen LogP contribution in [-0.4, -0.2) is 50.0 Å². The number of rotatable bonds is 7. The first-order valence-corrected chi connectivity index (χ1v) is 5.97. The van der Waals surface area contributed by atoms with Crippen molar-refractivity contribution in [1.29, 1.82) is 5.26 Å². The van der Waals surface area contributed by atoms with E-state index >= 15 is 0 Å². The Morgan fingerprint density at radius 2 is 2.00 bits per heavy atom. The van der Waals surface area contributed by atoms with Crippen LogP contribution in [0.3, 0.4) is 0 Å². The first kappa shape index (κ1) is 14.7. The summed E-state index contributed by atoms with van der Waals surface area (Å²) in [6.45, 7) is 1.41. The van der Waals surface area contributed by atoms with E-state index in [0.717, 1.165) is 5.56 Å². The molecule has 0 aliphatic heterocycles. The fourth-order valence-electron chi connectivity index (χ4n) is 1.90. The van der Waals surface area contributed by atoms with Gasteiger partial charge in [-0.2, -0.15) is 5.26 Å². The molecule has 0 bridgehead atoms. The molecule has 0 spiro atoms. The van der Waals surface area contributed by atoms with E-state index in [0.29, 0.717) is 19.7 Å². The lowest BCUT2D eigenvalue weighted by atomic mass is 10.0. The zero-order chi connectivity index (χ0) is 13.4. The average molecular weight is 248 g/mol. The summed E-state index contributed by atoms with van der Waals surface area (Å²) in [5, 5.41) is 18.8. The minimum Gasteiger partial charge on any atom is -0.389 e. The van der Waals surface area contributed by atoms with Gasteiger partial charge >= 0.3 is 0 Å². The van der Waals surface area contributed by atoms with Crippen molar-refractivity contribution in [2.24, 2.45) is 0 Å². The molecule has 0 aliphatic carbocycles. The quantitative estimate of drug-likeness (QED) is 0.788. The van der Waals surface area contributed by atoms with Gasteiger partial charge in [0.1, 0.15) is 0 Å². The fraction of sp³-hybridized carbons (Fsp3) is 0.500. The van der Waals surface area contributed by atoms with Crippen molar-refractivity contribution in [2.75, 3.05) is 33.9 Å². The lowest BCUT2D eigenvalue weighted by Gasteiger charge is -2.22. The number of methoxy groups -OCH3 is 1. The molecule has 0 amide bonds. The summed E-state index contributed by atoms with van der Waals surface area (Å²) in [5.41, 5.74) is 1.01. The van der Waals surface area contributed by atoms with Crippen molar-refractivity contribution in [2.45, 2.75) is 12.0 Å². The van der Waals surface area contributed by atoms with Crippen LogP contribution >= 0.6 is 0 Å². The Kier molecular flexibility index (Phi) is 6.37. The summed E-state index contributed by atoms with van der Waals surface area (Å²) < 4.78 is 4.88. The molecule has 1 aromatic rings. The molecule has 4 heteroatoms. The Labute approximate surface area is 108 Å². The van der Waals surface area contributed by atoms with Crippen molar-refractivity contribution in [3.63, 3.8) is 0 Å². The van der Waals surface area contributed by atoms with E-state index in [9.17, 15) is 10.4 Å². The van der Waals surface area contributed by atoms with Crippen LogP contribution in [0.2, 0.25) is 0 Å². The molecule has 0 aromatic heterocycles. The number of nitrogens with zero attached hydrogens (tertiary/aromatic N) is 2. The van der Waals surface area contributed by atoms with Gasteiger partial charge in [0.15, 0.2) is 0 Å². The van der Waals surface area contributed by atoms with E-state index in [1.807, 2.05) is 42.3 Å². The maximum atomic E-state index is 9.63. The molecule has 0 radical (unpaired) electrons. The Morgan fingerprint density at radius 1 is 1.33 bits per heavy atom. The Hall–Kier alpha value is -1.41. The molecule has 2 unspecified atom stereocenters. The maximum Gasteiger partial charge on any atom is 0.0899 e. The van der Waals surface area contributed by atoms with Crippen molar-refractivity contribution in [3.8, 4) is 6.07 Å². The number of likely N-dealkylation sites (N-methyl/N-ethyl adjacent to an activating group) is 1. The lowest BCUT2D eigenvalue weighted by Crippen LogP contribution is -2.34. The van der Waals surface area contributed by atoms with Gasteiger partial charge in [-0.1, -0.05) is 30.3 Å². The van der Waals surface area contributed by atoms with E-state index in [4.69, 9.17) is 4.74 Å². The second kappa shape index (κ2) is 7.83. The van der Waals surface area contributed by atoms with Crippen LogP contribution in [0.5, 0.6) is 0 Å². The van der Waals surface area contributed by atoms with Crippen molar-refractivity contribution >= 4 is 0 Å². The van der Waals surface area contributed by atoms with Crippen molar-refractivity contribution < 1.29 is 9.84 Å². The van der Waals surface area contributed by atoms with Crippen LogP contribution in [0, 0.1) is 11.3 Å². The maximum absolute atomic E-state index is 9.63. The first-order valence-electron chi connectivity index (χ1n) is 5.97. The summed E-state index contributed by atoms with van der Waals surface area (Å²) >= 11 is 0. The average Bonchev–Trinajstić information content (AvgIpc) is 2.37. The third kappa shape index (κ3) is 4.84. The number of benzene rings is 1. The van der Waals surface area contributed by atoms with E-state index in [1.54, 1.807) is 7.11 Å². The second-order valence-electron chi connectivity index (χ2n) is 4.42. The van der Waals surface area contributed by atoms with Crippen LogP contribution in [0.4, 0.5) is 0 Å². The van der Waals surface area contributed by atoms with Crippen LogP contribution in [0.25, 0.3) is 0 Å². The standard InChI is InChI=1S/C14H20N2O2/c1-16(10-14(17)11-18-2)9-13(8-15)12-6-4-3-5-7-12/h3-7,13-14,17H,9-11H2,1-2H3. The molecular formula is C14H20N2O2. The largest absolute Gasteiger partial charge is 0.389 e. The van der Waals surface area contributed by atoms with Gasteiger partial charge in [-0.05, 0) is 12.6 Å². The predicted molar refractivity (Wildman–Crippen MR) is 70.2 cm³/mol. The lowest BCUT2D eigenvalue weighted by molar-refractivity contribution is 0.0430. The second-order valence-corrected chi connectivity index (χ2v) is 4.42. The highest BCUT2D eigenvalue weighted by Gasteiger charge is 2.15. The number of hydrogen-bond donors (Lipinski definition) is 1. The Balaban J connectivity index is 2.52. The zero-order valence-electron chi connectivity index (χ0n) is 10.9. The first-order chi connectivity index (χ1) is 8.67. The number of nitriles is 1. The third-order valence-corrected chi connectivity index (χ3v) is 2.73. The number of hydrogen-bond acceptors (Lipinski definition) is 4. The molecule has 1 aromatic carbocycles. The van der Waals surface area contributed by atoms with Gasteiger partial charge in [-0.15, -0.1) is 0 Å². The summed E-state index contributed by atoms with van der Waals surface area (Å²) in [4.78, 5) is 1.95. The number of aliphatic hydroxyl groups excluding tert-OH is 1. The smallest absolute Gasteiger partial charge is 0.0899 e. The molecular weight excluding hydrogens is 228 g/mol. The molecule has 0 saturated carbocycles. The van der Waals surface area contributed by atoms with Gasteiger partial charge in [0.05, 0.1) is 24.7 Å². The third-order valence-electron chi connectivity index (χ3n) is 2.73. The fourth-order valence-corrected chi connectivity index (χ4v) is 1.90. The van der Waals surface area contributed by atoms with Crippen LogP contribution in [0.15, 0.2) is 30.3 Å². The highest BCUT2D eigenvalue weighted by Crippen LogP contribution is 2.15. The van der Waals surface area contributed by atoms with Gasteiger partial charge in [0.25, 0.3) is 0 Å². The van der Waals surface area contributed by atoms with Crippen LogP contribution in [0.1, 0.15) is 11.5 Å². The summed E-state index contributed by atoms with van der Waals surface area (Å²) in [6.07, 6.45) is -0.518. The van der Waals surface area contributed by atoms with Crippen LogP contribution in [-0.2, 0) is 4.74 Å². The highest BCUT2D eigenvalue weighted by molar-refractivity contribution is 5.25. The normalized spacial score (nSPS) is 14.2.